The van der Waals surface area contributed by atoms with Crippen LogP contribution < -0.4 is 0 Å². The minimum Gasteiger partial charge on any atom is -0.0676 e. The van der Waals surface area contributed by atoms with Crippen LogP contribution in [-0.4, -0.2) is 0 Å². The van der Waals surface area contributed by atoms with Crippen molar-refractivity contribution in [1.29, 1.82) is 0 Å². The van der Waals surface area contributed by atoms with E-state index in [-0.39, 0.29) is 0 Å². The Bertz CT molecular complexity index is 259. The molecule has 74 valence electrons. The lowest BCUT2D eigenvalue weighted by atomic mass is 9.65. The first kappa shape index (κ1) is 9.30. The van der Waals surface area contributed by atoms with E-state index in [2.05, 4.69) is 41.5 Å². The fourth-order valence-electron chi connectivity index (χ4n) is 3.81. The van der Waals surface area contributed by atoms with E-state index >= 15 is 0 Å². The smallest absolute Gasteiger partial charge is 0.00801 e. The predicted molar refractivity (Wildman–Crippen MR) is 57.6 cm³/mol. The second-order valence-electron chi connectivity index (χ2n) is 6.08. The van der Waals surface area contributed by atoms with Crippen LogP contribution in [0.3, 0.4) is 0 Å². The summed E-state index contributed by atoms with van der Waals surface area (Å²) >= 11 is 0. The Morgan fingerprint density at radius 3 is 1.23 bits per heavy atom. The molecular weight excluding hydrogens is 156 g/mol. The fourth-order valence-corrected chi connectivity index (χ4v) is 3.81. The molecule has 0 aromatic rings. The van der Waals surface area contributed by atoms with Gasteiger partial charge in [0.2, 0.25) is 0 Å². The summed E-state index contributed by atoms with van der Waals surface area (Å²) in [4.78, 5) is 0. The van der Waals surface area contributed by atoms with Crippen LogP contribution in [-0.2, 0) is 0 Å². The topological polar surface area (TPSA) is 0 Å². The summed E-state index contributed by atoms with van der Waals surface area (Å²) in [5, 5.41) is 0. The largest absolute Gasteiger partial charge is 0.0676 e. The van der Waals surface area contributed by atoms with E-state index in [4.69, 9.17) is 0 Å². The molecule has 13 heavy (non-hydrogen) atoms. The maximum absolute atomic E-state index is 2.44. The van der Waals surface area contributed by atoms with Gasteiger partial charge in [0.15, 0.2) is 0 Å². The molecule has 0 bridgehead atoms. The number of hydrogen-bond acceptors (Lipinski definition) is 0. The summed E-state index contributed by atoms with van der Waals surface area (Å²) in [6, 6.07) is 0. The highest BCUT2D eigenvalue weighted by Crippen LogP contribution is 2.76. The average molecular weight is 178 g/mol. The molecule has 0 nitrogen and oxygen atoms in total. The van der Waals surface area contributed by atoms with E-state index in [1.54, 1.807) is 11.1 Å². The average Bonchev–Trinajstić information content (AvgIpc) is 2.78. The molecule has 0 unspecified atom stereocenters. The van der Waals surface area contributed by atoms with Crippen molar-refractivity contribution in [3.63, 3.8) is 0 Å². The molecule has 0 radical (unpaired) electrons. The summed E-state index contributed by atoms with van der Waals surface area (Å²) in [6.07, 6.45) is 2.86. The lowest BCUT2D eigenvalue weighted by molar-refractivity contribution is 0.139. The van der Waals surface area contributed by atoms with Crippen LogP contribution >= 0.6 is 0 Å². The second kappa shape index (κ2) is 2.04. The summed E-state index contributed by atoms with van der Waals surface area (Å²) in [7, 11) is 0. The molecule has 0 N–H and O–H groups in total. The summed E-state index contributed by atoms with van der Waals surface area (Å²) in [5.41, 5.74) is 4.79. The van der Waals surface area contributed by atoms with Crippen molar-refractivity contribution in [2.75, 3.05) is 0 Å². The lowest BCUT2D eigenvalue weighted by Gasteiger charge is -2.38. The van der Waals surface area contributed by atoms with Gasteiger partial charge in [-0.2, -0.15) is 0 Å². The Labute approximate surface area is 82.4 Å². The Hall–Kier alpha value is -0.260. The number of hydrogen-bond donors (Lipinski definition) is 0. The molecule has 0 atom stereocenters. The standard InChI is InChI=1S/C13H22/c1-9-10(2)12(5,6)13(7-8-13)11(9,3)4/h7-8H2,1-6H3. The van der Waals surface area contributed by atoms with Crippen LogP contribution in [0.5, 0.6) is 0 Å². The third-order valence-electron chi connectivity index (χ3n) is 5.58. The highest BCUT2D eigenvalue weighted by molar-refractivity contribution is 5.40. The lowest BCUT2D eigenvalue weighted by Crippen LogP contribution is -2.32. The molecule has 1 fully saturated rings. The van der Waals surface area contributed by atoms with Gasteiger partial charge < -0.3 is 0 Å². The van der Waals surface area contributed by atoms with Crippen molar-refractivity contribution in [2.45, 2.75) is 54.4 Å². The number of allylic oxidation sites excluding steroid dienone is 2. The van der Waals surface area contributed by atoms with Gasteiger partial charge >= 0.3 is 0 Å². The van der Waals surface area contributed by atoms with Crippen molar-refractivity contribution in [3.8, 4) is 0 Å². The van der Waals surface area contributed by atoms with Crippen LogP contribution in [0, 0.1) is 16.2 Å². The fraction of sp³-hybridized carbons (Fsp3) is 0.846. The van der Waals surface area contributed by atoms with Crippen LogP contribution in [0.25, 0.3) is 0 Å². The maximum atomic E-state index is 2.44. The molecular formula is C13H22. The van der Waals surface area contributed by atoms with E-state index in [1.165, 1.54) is 12.8 Å². The Balaban J connectivity index is 2.58. The molecule has 0 aliphatic heterocycles. The van der Waals surface area contributed by atoms with Crippen LogP contribution in [0.2, 0.25) is 0 Å². The normalized spacial score (nSPS) is 32.8. The van der Waals surface area contributed by atoms with E-state index < -0.39 is 0 Å². The summed E-state index contributed by atoms with van der Waals surface area (Å²) in [6.45, 7) is 14.4. The van der Waals surface area contributed by atoms with Gasteiger partial charge in [0, 0.05) is 0 Å². The summed E-state index contributed by atoms with van der Waals surface area (Å²) < 4.78 is 0. The van der Waals surface area contributed by atoms with Crippen LogP contribution in [0.1, 0.15) is 54.4 Å². The Kier molecular flexibility index (Phi) is 1.46. The Morgan fingerprint density at radius 2 is 1.08 bits per heavy atom. The van der Waals surface area contributed by atoms with Gasteiger partial charge in [0.05, 0.1) is 0 Å². The molecule has 0 heteroatoms. The van der Waals surface area contributed by atoms with Gasteiger partial charge in [-0.05, 0) is 42.9 Å². The van der Waals surface area contributed by atoms with Crippen molar-refractivity contribution >= 4 is 0 Å². The zero-order valence-corrected chi connectivity index (χ0v) is 9.91. The van der Waals surface area contributed by atoms with Gasteiger partial charge in [-0.15, -0.1) is 0 Å². The maximum Gasteiger partial charge on any atom is -0.00801 e. The summed E-state index contributed by atoms with van der Waals surface area (Å²) in [5.74, 6) is 0. The van der Waals surface area contributed by atoms with Gasteiger partial charge in [-0.1, -0.05) is 38.8 Å². The SMILES string of the molecule is CC1=C(C)C(C)(C)C2(CC2)C1(C)C. The quantitative estimate of drug-likeness (QED) is 0.488. The molecule has 1 spiro atoms. The first-order valence-electron chi connectivity index (χ1n) is 5.46. The monoisotopic (exact) mass is 178 g/mol. The second-order valence-corrected chi connectivity index (χ2v) is 6.08. The molecule has 2 aliphatic carbocycles. The van der Waals surface area contributed by atoms with Gasteiger partial charge in [-0.3, -0.25) is 0 Å². The van der Waals surface area contributed by atoms with E-state index in [0.29, 0.717) is 16.2 Å². The molecule has 0 amide bonds. The van der Waals surface area contributed by atoms with Gasteiger partial charge in [0.25, 0.3) is 0 Å². The zero-order valence-electron chi connectivity index (χ0n) is 9.91. The van der Waals surface area contributed by atoms with E-state index in [1.807, 2.05) is 0 Å². The molecule has 2 aliphatic rings. The molecule has 0 saturated heterocycles. The molecule has 1 saturated carbocycles. The first-order chi connectivity index (χ1) is 5.77. The highest BCUT2D eigenvalue weighted by Gasteiger charge is 2.67. The van der Waals surface area contributed by atoms with Crippen LogP contribution in [0.15, 0.2) is 11.1 Å². The van der Waals surface area contributed by atoms with Gasteiger partial charge in [-0.25, -0.2) is 0 Å². The molecule has 2 rings (SSSR count). The van der Waals surface area contributed by atoms with E-state index in [0.717, 1.165) is 0 Å². The van der Waals surface area contributed by atoms with Crippen molar-refractivity contribution in [2.24, 2.45) is 16.2 Å². The first-order valence-corrected chi connectivity index (χ1v) is 5.46. The molecule has 0 aromatic carbocycles. The minimum absolute atomic E-state index is 0.445. The minimum atomic E-state index is 0.445. The molecule has 0 heterocycles. The number of rotatable bonds is 0. The van der Waals surface area contributed by atoms with Crippen molar-refractivity contribution in [3.05, 3.63) is 11.1 Å². The predicted octanol–water partition coefficient (Wildman–Crippen LogP) is 4.17. The highest BCUT2D eigenvalue weighted by atomic mass is 14.7. The zero-order chi connectivity index (χ0) is 10.1. The van der Waals surface area contributed by atoms with Crippen molar-refractivity contribution in [1.82, 2.24) is 0 Å². The third kappa shape index (κ3) is 0.742. The molecule has 0 aromatic heterocycles. The van der Waals surface area contributed by atoms with Crippen molar-refractivity contribution < 1.29 is 0 Å². The van der Waals surface area contributed by atoms with Crippen LogP contribution in [0.4, 0.5) is 0 Å². The van der Waals surface area contributed by atoms with Gasteiger partial charge in [0.1, 0.15) is 0 Å². The Morgan fingerprint density at radius 1 is 0.769 bits per heavy atom. The van der Waals surface area contributed by atoms with E-state index in [9.17, 15) is 0 Å². The third-order valence-corrected chi connectivity index (χ3v) is 5.58.